The number of aromatic carboxylic acids is 1. The number of carbonyl (C=O) groups excluding carboxylic acids is 1. The molecule has 0 unspecified atom stereocenters. The number of nitrogens with zero attached hydrogens (tertiary/aromatic N) is 2. The number of nitrogens with one attached hydrogen (secondary N) is 1. The molecule has 0 aliphatic carbocycles. The smallest absolute Gasteiger partial charge is 0.413 e. The highest BCUT2D eigenvalue weighted by molar-refractivity contribution is 6.01. The minimum Gasteiger partial charge on any atom is -0.478 e. The van der Waals surface area contributed by atoms with Crippen molar-refractivity contribution < 1.29 is 19.4 Å². The van der Waals surface area contributed by atoms with E-state index in [2.05, 4.69) is 10.4 Å². The Kier molecular flexibility index (Phi) is 3.59. The fourth-order valence-electron chi connectivity index (χ4n) is 1.89. The van der Waals surface area contributed by atoms with Crippen molar-refractivity contribution in [3.8, 4) is 0 Å². The van der Waals surface area contributed by atoms with Crippen molar-refractivity contribution in [2.45, 2.75) is 26.4 Å². The topological polar surface area (TPSA) is 93.5 Å². The number of rotatable bonds is 2. The summed E-state index contributed by atoms with van der Waals surface area (Å²) >= 11 is 0. The van der Waals surface area contributed by atoms with Gasteiger partial charge in [0.05, 0.1) is 11.1 Å². The second kappa shape index (κ2) is 5.08. The molecule has 0 saturated carbocycles. The van der Waals surface area contributed by atoms with Gasteiger partial charge in [-0.2, -0.15) is 5.10 Å². The van der Waals surface area contributed by atoms with Crippen molar-refractivity contribution in [2.24, 2.45) is 7.05 Å². The van der Waals surface area contributed by atoms with Gasteiger partial charge >= 0.3 is 12.1 Å². The summed E-state index contributed by atoms with van der Waals surface area (Å²) in [5.41, 5.74) is 0.217. The van der Waals surface area contributed by atoms with Crippen LogP contribution in [0.3, 0.4) is 0 Å². The van der Waals surface area contributed by atoms with E-state index in [1.807, 2.05) is 0 Å². The lowest BCUT2D eigenvalue weighted by atomic mass is 10.1. The van der Waals surface area contributed by atoms with Crippen LogP contribution >= 0.6 is 0 Å². The third kappa shape index (κ3) is 3.31. The number of carboxylic acids is 1. The monoisotopic (exact) mass is 291 g/mol. The number of hydrogen-bond acceptors (Lipinski definition) is 4. The van der Waals surface area contributed by atoms with Gasteiger partial charge in [-0.3, -0.25) is 10.00 Å². The number of benzene rings is 1. The van der Waals surface area contributed by atoms with Gasteiger partial charge in [0.25, 0.3) is 0 Å². The molecule has 0 spiro atoms. The molecule has 2 rings (SSSR count). The number of aromatic nitrogens is 2. The quantitative estimate of drug-likeness (QED) is 0.887. The summed E-state index contributed by atoms with van der Waals surface area (Å²) in [7, 11) is 1.71. The molecule has 0 fully saturated rings. The van der Waals surface area contributed by atoms with Crippen LogP contribution < -0.4 is 5.32 Å². The van der Waals surface area contributed by atoms with E-state index in [1.54, 1.807) is 38.6 Å². The Morgan fingerprint density at radius 3 is 2.57 bits per heavy atom. The zero-order chi connectivity index (χ0) is 15.8. The Morgan fingerprint density at radius 1 is 1.33 bits per heavy atom. The molecule has 21 heavy (non-hydrogen) atoms. The van der Waals surface area contributed by atoms with Crippen molar-refractivity contribution >= 4 is 28.8 Å². The largest absolute Gasteiger partial charge is 0.478 e. The molecule has 0 bridgehead atoms. The Balaban J connectivity index is 2.37. The molecule has 7 heteroatoms. The highest BCUT2D eigenvalue weighted by Gasteiger charge is 2.19. The van der Waals surface area contributed by atoms with Crippen LogP contribution in [0.2, 0.25) is 0 Å². The van der Waals surface area contributed by atoms with Crippen LogP contribution in [-0.4, -0.2) is 32.6 Å². The third-order valence-electron chi connectivity index (χ3n) is 2.72. The first-order valence-electron chi connectivity index (χ1n) is 6.37. The number of carbonyl (C=O) groups is 2. The SMILES string of the molecule is Cn1nc(NC(=O)OC(C)(C)C)c2cc(C(=O)O)ccc21. The molecule has 1 aromatic carbocycles. The van der Waals surface area contributed by atoms with Gasteiger partial charge in [-0.25, -0.2) is 9.59 Å². The molecule has 0 aliphatic rings. The molecule has 0 saturated heterocycles. The normalized spacial score (nSPS) is 11.4. The van der Waals surface area contributed by atoms with Crippen molar-refractivity contribution in [3.05, 3.63) is 23.8 Å². The molecule has 0 aliphatic heterocycles. The predicted molar refractivity (Wildman–Crippen MR) is 77.5 cm³/mol. The first kappa shape index (κ1) is 14.8. The zero-order valence-electron chi connectivity index (χ0n) is 12.3. The van der Waals surface area contributed by atoms with E-state index in [1.165, 1.54) is 12.1 Å². The predicted octanol–water partition coefficient (Wildman–Crippen LogP) is 2.62. The molecule has 1 amide bonds. The van der Waals surface area contributed by atoms with Crippen molar-refractivity contribution in [1.29, 1.82) is 0 Å². The lowest BCUT2D eigenvalue weighted by Crippen LogP contribution is -2.27. The zero-order valence-corrected chi connectivity index (χ0v) is 12.3. The fourth-order valence-corrected chi connectivity index (χ4v) is 1.89. The van der Waals surface area contributed by atoms with Gasteiger partial charge in [0.15, 0.2) is 5.82 Å². The number of anilines is 1. The summed E-state index contributed by atoms with van der Waals surface area (Å²) in [5.74, 6) is -0.770. The summed E-state index contributed by atoms with van der Waals surface area (Å²) < 4.78 is 6.73. The second-order valence-electron chi connectivity index (χ2n) is 5.64. The number of hydrogen-bond donors (Lipinski definition) is 2. The van der Waals surface area contributed by atoms with Crippen LogP contribution in [-0.2, 0) is 11.8 Å². The molecular weight excluding hydrogens is 274 g/mol. The molecular formula is C14H17N3O4. The molecule has 0 atom stereocenters. The number of amides is 1. The average Bonchev–Trinajstić information content (AvgIpc) is 2.63. The molecule has 2 aromatic rings. The molecule has 1 aromatic heterocycles. The first-order valence-corrected chi connectivity index (χ1v) is 6.37. The minimum absolute atomic E-state index is 0.128. The maximum Gasteiger partial charge on any atom is 0.413 e. The van der Waals surface area contributed by atoms with Crippen LogP contribution in [0.5, 0.6) is 0 Å². The summed E-state index contributed by atoms with van der Waals surface area (Å²) in [6.07, 6.45) is -0.636. The number of ether oxygens (including phenoxy) is 1. The van der Waals surface area contributed by atoms with E-state index < -0.39 is 17.7 Å². The van der Waals surface area contributed by atoms with Crippen molar-refractivity contribution in [1.82, 2.24) is 9.78 Å². The standard InChI is InChI=1S/C14H17N3O4/c1-14(2,3)21-13(20)15-11-9-7-8(12(18)19)5-6-10(9)17(4)16-11/h5-7H,1-4H3,(H,18,19)(H,15,16,20). The van der Waals surface area contributed by atoms with E-state index in [0.717, 1.165) is 0 Å². The van der Waals surface area contributed by atoms with Gasteiger partial charge in [0, 0.05) is 12.4 Å². The first-order chi connectivity index (χ1) is 9.67. The molecule has 0 radical (unpaired) electrons. The van der Waals surface area contributed by atoms with E-state index in [4.69, 9.17) is 9.84 Å². The van der Waals surface area contributed by atoms with E-state index in [0.29, 0.717) is 10.9 Å². The second-order valence-corrected chi connectivity index (χ2v) is 5.64. The van der Waals surface area contributed by atoms with Gasteiger partial charge in [-0.1, -0.05) is 0 Å². The van der Waals surface area contributed by atoms with Gasteiger partial charge < -0.3 is 9.84 Å². The van der Waals surface area contributed by atoms with Crippen LogP contribution in [0.25, 0.3) is 10.9 Å². The maximum atomic E-state index is 11.8. The summed E-state index contributed by atoms with van der Waals surface area (Å²) in [4.78, 5) is 22.8. The van der Waals surface area contributed by atoms with Crippen LogP contribution in [0.1, 0.15) is 31.1 Å². The Labute approximate surface area is 121 Å². The van der Waals surface area contributed by atoms with Crippen LogP contribution in [0.15, 0.2) is 18.2 Å². The van der Waals surface area contributed by atoms with Gasteiger partial charge in [-0.05, 0) is 39.0 Å². The molecule has 1 heterocycles. The van der Waals surface area contributed by atoms with E-state index in [-0.39, 0.29) is 11.4 Å². The lowest BCUT2D eigenvalue weighted by Gasteiger charge is -2.19. The van der Waals surface area contributed by atoms with Crippen molar-refractivity contribution in [2.75, 3.05) is 5.32 Å². The Morgan fingerprint density at radius 2 is 2.00 bits per heavy atom. The number of carboxylic acid groups (broad SMARTS) is 1. The highest BCUT2D eigenvalue weighted by Crippen LogP contribution is 2.24. The minimum atomic E-state index is -1.04. The summed E-state index contributed by atoms with van der Waals surface area (Å²) in [6, 6.07) is 4.60. The van der Waals surface area contributed by atoms with Crippen LogP contribution in [0, 0.1) is 0 Å². The number of fused-ring (bicyclic) bond motifs is 1. The Hall–Kier alpha value is -2.57. The lowest BCUT2D eigenvalue weighted by molar-refractivity contribution is 0.0633. The number of aryl methyl sites for hydroxylation is 1. The van der Waals surface area contributed by atoms with Gasteiger partial charge in [-0.15, -0.1) is 0 Å². The highest BCUT2D eigenvalue weighted by atomic mass is 16.6. The van der Waals surface area contributed by atoms with Gasteiger partial charge in [0.2, 0.25) is 0 Å². The molecule has 112 valence electrons. The van der Waals surface area contributed by atoms with E-state index >= 15 is 0 Å². The Bertz CT molecular complexity index is 713. The average molecular weight is 291 g/mol. The van der Waals surface area contributed by atoms with E-state index in [9.17, 15) is 9.59 Å². The van der Waals surface area contributed by atoms with Gasteiger partial charge in [0.1, 0.15) is 5.60 Å². The van der Waals surface area contributed by atoms with Crippen molar-refractivity contribution in [3.63, 3.8) is 0 Å². The molecule has 2 N–H and O–H groups in total. The maximum absolute atomic E-state index is 11.8. The fraction of sp³-hybridized carbons (Fsp3) is 0.357. The summed E-state index contributed by atoms with van der Waals surface area (Å²) in [6.45, 7) is 5.27. The molecule has 7 nitrogen and oxygen atoms in total. The summed E-state index contributed by atoms with van der Waals surface area (Å²) in [5, 5.41) is 16.3. The third-order valence-corrected chi connectivity index (χ3v) is 2.72. The van der Waals surface area contributed by atoms with Crippen LogP contribution in [0.4, 0.5) is 10.6 Å².